The average molecular weight is 404 g/mol. The van der Waals surface area contributed by atoms with Crippen molar-refractivity contribution in [1.29, 1.82) is 0 Å². The van der Waals surface area contributed by atoms with Gasteiger partial charge in [0.25, 0.3) is 0 Å². The number of hydrogen-bond acceptors (Lipinski definition) is 4. The number of allylic oxidation sites excluding steroid dienone is 1. The van der Waals surface area contributed by atoms with Gasteiger partial charge >= 0.3 is 11.9 Å². The molecule has 116 valence electrons. The minimum atomic E-state index is -0.304. The summed E-state index contributed by atoms with van der Waals surface area (Å²) in [5, 5.41) is 0. The summed E-state index contributed by atoms with van der Waals surface area (Å²) in [6.45, 7) is 5.87. The molecule has 1 atom stereocenters. The maximum absolute atomic E-state index is 11.7. The third-order valence-corrected chi connectivity index (χ3v) is 4.14. The maximum Gasteiger partial charge on any atom is 0.334 e. The fraction of sp³-hybridized carbons (Fsp3) is 0.500. The number of rotatable bonds is 7. The van der Waals surface area contributed by atoms with Crippen LogP contribution in [0, 0.1) is 0 Å². The van der Waals surface area contributed by atoms with Gasteiger partial charge in [-0.3, -0.25) is 0 Å². The van der Waals surface area contributed by atoms with E-state index >= 15 is 0 Å². The predicted molar refractivity (Wildman–Crippen MR) is 90.0 cm³/mol. The first-order valence-corrected chi connectivity index (χ1v) is 8.23. The SMILES string of the molecule is CCOC(=O)/C(C)=C/CCC1=C[C@H](C/C(C)=C\I)OC1=O. The molecule has 0 aliphatic carbocycles. The van der Waals surface area contributed by atoms with Gasteiger partial charge in [-0.1, -0.05) is 34.2 Å². The Labute approximate surface area is 139 Å². The van der Waals surface area contributed by atoms with Crippen LogP contribution in [0.1, 0.15) is 40.0 Å². The number of halogens is 1. The van der Waals surface area contributed by atoms with E-state index in [0.717, 1.165) is 6.42 Å². The molecule has 0 unspecified atom stereocenters. The Morgan fingerprint density at radius 2 is 2.19 bits per heavy atom. The summed E-state index contributed by atoms with van der Waals surface area (Å²) in [7, 11) is 0. The molecule has 5 heteroatoms. The van der Waals surface area contributed by atoms with Crippen LogP contribution in [0.15, 0.2) is 33.0 Å². The van der Waals surface area contributed by atoms with Gasteiger partial charge in [-0.15, -0.1) is 0 Å². The molecule has 0 saturated carbocycles. The Kier molecular flexibility index (Phi) is 7.71. The normalized spacial score (nSPS) is 19.3. The molecular weight excluding hydrogens is 383 g/mol. The van der Waals surface area contributed by atoms with Gasteiger partial charge in [-0.2, -0.15) is 0 Å². The van der Waals surface area contributed by atoms with Gasteiger partial charge in [-0.25, -0.2) is 9.59 Å². The van der Waals surface area contributed by atoms with Crippen LogP contribution < -0.4 is 0 Å². The van der Waals surface area contributed by atoms with E-state index in [1.807, 2.05) is 17.1 Å². The molecule has 0 N–H and O–H groups in total. The lowest BCUT2D eigenvalue weighted by atomic mass is 10.1. The summed E-state index contributed by atoms with van der Waals surface area (Å²) in [6, 6.07) is 0. The molecule has 21 heavy (non-hydrogen) atoms. The minimum absolute atomic E-state index is 0.159. The second-order valence-corrected chi connectivity index (χ2v) is 5.56. The van der Waals surface area contributed by atoms with Crippen LogP contribution in [-0.4, -0.2) is 24.6 Å². The first-order valence-electron chi connectivity index (χ1n) is 6.99. The summed E-state index contributed by atoms with van der Waals surface area (Å²) in [4.78, 5) is 23.2. The maximum atomic E-state index is 11.7. The van der Waals surface area contributed by atoms with Crippen LogP contribution in [0.5, 0.6) is 0 Å². The fourth-order valence-corrected chi connectivity index (χ4v) is 2.21. The number of cyclic esters (lactones) is 1. The van der Waals surface area contributed by atoms with E-state index in [0.29, 0.717) is 30.6 Å². The number of carbonyl (C=O) groups is 2. The van der Waals surface area contributed by atoms with E-state index in [1.54, 1.807) is 19.9 Å². The molecule has 1 aliphatic heterocycles. The smallest absolute Gasteiger partial charge is 0.334 e. The van der Waals surface area contributed by atoms with Crippen molar-refractivity contribution in [3.05, 3.63) is 33.0 Å². The monoisotopic (exact) mass is 404 g/mol. The summed E-state index contributed by atoms with van der Waals surface area (Å²) >= 11 is 2.18. The molecular formula is C16H21IO4. The van der Waals surface area contributed by atoms with Crippen LogP contribution in [0.25, 0.3) is 0 Å². The van der Waals surface area contributed by atoms with Gasteiger partial charge in [0.1, 0.15) is 6.10 Å². The van der Waals surface area contributed by atoms with Crippen LogP contribution in [0.4, 0.5) is 0 Å². The molecule has 0 aromatic rings. The molecule has 4 nitrogen and oxygen atoms in total. The molecule has 0 fully saturated rings. The van der Waals surface area contributed by atoms with Gasteiger partial charge in [0.05, 0.1) is 6.61 Å². The van der Waals surface area contributed by atoms with Crippen molar-refractivity contribution in [3.63, 3.8) is 0 Å². The number of ether oxygens (including phenoxy) is 2. The molecule has 1 heterocycles. The second kappa shape index (κ2) is 9.02. The molecule has 0 aromatic carbocycles. The van der Waals surface area contributed by atoms with Crippen LogP contribution in [0.3, 0.4) is 0 Å². The predicted octanol–water partition coefficient (Wildman–Crippen LogP) is 3.86. The lowest BCUT2D eigenvalue weighted by Gasteiger charge is -2.06. The van der Waals surface area contributed by atoms with Gasteiger partial charge in [0, 0.05) is 17.6 Å². The van der Waals surface area contributed by atoms with Gasteiger partial charge in [-0.05, 0) is 43.8 Å². The molecule has 0 radical (unpaired) electrons. The van der Waals surface area contributed by atoms with Crippen LogP contribution in [-0.2, 0) is 19.1 Å². The number of carbonyl (C=O) groups excluding carboxylic acids is 2. The van der Waals surface area contributed by atoms with E-state index in [-0.39, 0.29) is 18.0 Å². The highest BCUT2D eigenvalue weighted by molar-refractivity contribution is 14.1. The average Bonchev–Trinajstić information content (AvgIpc) is 2.78. The zero-order chi connectivity index (χ0) is 15.8. The molecule has 0 bridgehead atoms. The van der Waals surface area contributed by atoms with Crippen molar-refractivity contribution in [2.45, 2.75) is 46.1 Å². The minimum Gasteiger partial charge on any atom is -0.463 e. The van der Waals surface area contributed by atoms with Gasteiger partial charge in [0.2, 0.25) is 0 Å². The zero-order valence-corrected chi connectivity index (χ0v) is 14.8. The van der Waals surface area contributed by atoms with Crippen LogP contribution in [0.2, 0.25) is 0 Å². The van der Waals surface area contributed by atoms with Crippen LogP contribution >= 0.6 is 22.6 Å². The standard InChI is InChI=1S/C16H21IO4/c1-4-20-15(18)12(3)6-5-7-13-9-14(21-16(13)19)8-11(2)10-17/h6,9-10,14H,4-5,7-8H2,1-3H3/b11-10-,12-6+/t14-/m0/s1. The van der Waals surface area contributed by atoms with Crippen molar-refractivity contribution < 1.29 is 19.1 Å². The summed E-state index contributed by atoms with van der Waals surface area (Å²) in [6.07, 6.45) is 5.47. The molecule has 0 aromatic heterocycles. The first kappa shape index (κ1) is 17.9. The summed E-state index contributed by atoms with van der Waals surface area (Å²) in [5.41, 5.74) is 2.45. The number of esters is 2. The van der Waals surface area contributed by atoms with E-state index in [2.05, 4.69) is 22.6 Å². The van der Waals surface area contributed by atoms with Crippen molar-refractivity contribution in [2.75, 3.05) is 6.61 Å². The third kappa shape index (κ3) is 6.03. The highest BCUT2D eigenvalue weighted by atomic mass is 127. The topological polar surface area (TPSA) is 52.6 Å². The molecule has 0 saturated heterocycles. The number of hydrogen-bond donors (Lipinski definition) is 0. The first-order chi connectivity index (χ1) is 9.97. The largest absolute Gasteiger partial charge is 0.463 e. The summed E-state index contributed by atoms with van der Waals surface area (Å²) in [5.74, 6) is -0.551. The lowest BCUT2D eigenvalue weighted by molar-refractivity contribution is -0.140. The van der Waals surface area contributed by atoms with Crippen molar-refractivity contribution in [3.8, 4) is 0 Å². The molecule has 0 amide bonds. The quantitative estimate of drug-likeness (QED) is 0.368. The van der Waals surface area contributed by atoms with Gasteiger partial charge in [0.15, 0.2) is 0 Å². The Morgan fingerprint density at radius 3 is 2.81 bits per heavy atom. The fourth-order valence-electron chi connectivity index (χ4n) is 1.96. The zero-order valence-electron chi connectivity index (χ0n) is 12.6. The third-order valence-electron chi connectivity index (χ3n) is 3.08. The van der Waals surface area contributed by atoms with Crippen molar-refractivity contribution in [1.82, 2.24) is 0 Å². The van der Waals surface area contributed by atoms with E-state index in [1.165, 1.54) is 5.57 Å². The Balaban J connectivity index is 2.51. The Morgan fingerprint density at radius 1 is 1.48 bits per heavy atom. The van der Waals surface area contributed by atoms with E-state index in [9.17, 15) is 9.59 Å². The lowest BCUT2D eigenvalue weighted by Crippen LogP contribution is -2.08. The Bertz CT molecular complexity index is 489. The van der Waals surface area contributed by atoms with E-state index in [4.69, 9.17) is 9.47 Å². The highest BCUT2D eigenvalue weighted by Crippen LogP contribution is 2.23. The van der Waals surface area contributed by atoms with Crippen molar-refractivity contribution >= 4 is 34.5 Å². The second-order valence-electron chi connectivity index (χ2n) is 4.94. The van der Waals surface area contributed by atoms with Crippen molar-refractivity contribution in [2.24, 2.45) is 0 Å². The highest BCUT2D eigenvalue weighted by Gasteiger charge is 2.24. The van der Waals surface area contributed by atoms with E-state index < -0.39 is 0 Å². The Hall–Kier alpha value is -1.11. The van der Waals surface area contributed by atoms with Gasteiger partial charge < -0.3 is 9.47 Å². The summed E-state index contributed by atoms with van der Waals surface area (Å²) < 4.78 is 12.2. The molecule has 1 rings (SSSR count). The molecule has 0 spiro atoms. The molecule has 1 aliphatic rings.